The monoisotopic (exact) mass is 454 g/mol. The molecule has 1 aromatic rings. The van der Waals surface area contributed by atoms with Crippen LogP contribution in [0, 0.1) is 5.82 Å². The van der Waals surface area contributed by atoms with E-state index in [-0.39, 0.29) is 5.82 Å². The number of benzene rings is 1. The van der Waals surface area contributed by atoms with Crippen molar-refractivity contribution < 1.29 is 18.7 Å². The summed E-state index contributed by atoms with van der Waals surface area (Å²) in [5.41, 5.74) is 2.15. The number of nitrogens with one attached hydrogen (secondary N) is 1. The number of methoxy groups -OCH3 is 1. The summed E-state index contributed by atoms with van der Waals surface area (Å²) in [6.07, 6.45) is 5.78. The number of amidine groups is 1. The van der Waals surface area contributed by atoms with E-state index in [9.17, 15) is 9.18 Å². The normalized spacial score (nSPS) is 23.6. The number of ether oxygens (including phenoxy) is 2. The molecule has 1 fully saturated rings. The lowest BCUT2D eigenvalue weighted by molar-refractivity contribution is -0.137. The van der Waals surface area contributed by atoms with E-state index in [1.807, 2.05) is 18.2 Å². The summed E-state index contributed by atoms with van der Waals surface area (Å²) in [5.74, 6) is -0.145. The van der Waals surface area contributed by atoms with Gasteiger partial charge in [-0.1, -0.05) is 25.1 Å². The van der Waals surface area contributed by atoms with Gasteiger partial charge in [-0.3, -0.25) is 9.89 Å². The molecule has 1 aromatic carbocycles. The maximum atomic E-state index is 14.7. The number of hydrogen-bond acceptors (Lipinski definition) is 7. The molecule has 4 rings (SSSR count). The summed E-state index contributed by atoms with van der Waals surface area (Å²) in [5, 5.41) is 3.39. The molecule has 3 aliphatic rings. The number of esters is 1. The van der Waals surface area contributed by atoms with Crippen LogP contribution >= 0.6 is 0 Å². The highest BCUT2D eigenvalue weighted by atomic mass is 19.1. The van der Waals surface area contributed by atoms with Gasteiger partial charge in [-0.15, -0.1) is 0 Å². The van der Waals surface area contributed by atoms with E-state index >= 15 is 0 Å². The van der Waals surface area contributed by atoms with Crippen molar-refractivity contribution in [2.24, 2.45) is 9.98 Å². The second-order valence-electron chi connectivity index (χ2n) is 8.36. The second kappa shape index (κ2) is 9.97. The van der Waals surface area contributed by atoms with Crippen molar-refractivity contribution in [2.75, 3.05) is 47.0 Å². The molecule has 0 saturated carbocycles. The van der Waals surface area contributed by atoms with Crippen molar-refractivity contribution >= 4 is 17.5 Å². The van der Waals surface area contributed by atoms with Crippen molar-refractivity contribution in [1.82, 2.24) is 10.2 Å². The first-order valence-electron chi connectivity index (χ1n) is 11.4. The Morgan fingerprint density at radius 1 is 1.39 bits per heavy atom. The number of carbonyl (C=O) groups is 1. The molecule has 0 amide bonds. The smallest absolute Gasteiger partial charge is 0.338 e. The Labute approximate surface area is 194 Å². The average Bonchev–Trinajstić information content (AvgIpc) is 3.19. The fourth-order valence-electron chi connectivity index (χ4n) is 4.85. The highest BCUT2D eigenvalue weighted by Gasteiger charge is 2.50. The Morgan fingerprint density at radius 2 is 2.18 bits per heavy atom. The van der Waals surface area contributed by atoms with Gasteiger partial charge in [-0.05, 0) is 42.5 Å². The number of rotatable bonds is 6. The molecular formula is C25H31FN4O3. The van der Waals surface area contributed by atoms with Crippen LogP contribution in [0.15, 0.2) is 51.6 Å². The maximum absolute atomic E-state index is 14.7. The molecule has 0 bridgehead atoms. The lowest BCUT2D eigenvalue weighted by atomic mass is 9.81. The van der Waals surface area contributed by atoms with Crippen LogP contribution in [0.5, 0.6) is 0 Å². The number of allylic oxidation sites excluding steroid dienone is 1. The Bertz CT molecular complexity index is 1040. The molecule has 7 nitrogen and oxygen atoms in total. The lowest BCUT2D eigenvalue weighted by Crippen LogP contribution is -2.48. The molecule has 33 heavy (non-hydrogen) atoms. The van der Waals surface area contributed by atoms with Crippen LogP contribution in [0.1, 0.15) is 30.9 Å². The molecule has 1 N–H and O–H groups in total. The molecule has 0 radical (unpaired) electrons. The van der Waals surface area contributed by atoms with E-state index < -0.39 is 11.5 Å². The van der Waals surface area contributed by atoms with Crippen molar-refractivity contribution in [3.8, 4) is 0 Å². The zero-order chi connectivity index (χ0) is 23.4. The third-order valence-electron chi connectivity index (χ3n) is 6.46. The van der Waals surface area contributed by atoms with E-state index in [4.69, 9.17) is 14.5 Å². The summed E-state index contributed by atoms with van der Waals surface area (Å²) >= 11 is 0. The van der Waals surface area contributed by atoms with Gasteiger partial charge in [0.25, 0.3) is 0 Å². The van der Waals surface area contributed by atoms with Crippen LogP contribution < -0.4 is 5.32 Å². The van der Waals surface area contributed by atoms with Crippen LogP contribution in [0.3, 0.4) is 0 Å². The minimum atomic E-state index is -1.03. The first kappa shape index (κ1) is 23.3. The van der Waals surface area contributed by atoms with E-state index in [1.165, 1.54) is 13.2 Å². The standard InChI is InChI=1S/C25H31FN4O3/c1-4-5-9-20(27-2)23-28-21(16-30-12-14-33-15-13-30)22(24(31)32-3)25(29-23)11-10-17-18(25)7-6-8-19(17)26/h5-9H,4,10-16H2,1-3H3,(H,28,29)/b9-5-,27-20?. The summed E-state index contributed by atoms with van der Waals surface area (Å²) in [6, 6.07) is 5.02. The van der Waals surface area contributed by atoms with Crippen molar-refractivity contribution in [3.63, 3.8) is 0 Å². The van der Waals surface area contributed by atoms with Gasteiger partial charge in [0, 0.05) is 32.4 Å². The summed E-state index contributed by atoms with van der Waals surface area (Å²) in [6.45, 7) is 5.36. The van der Waals surface area contributed by atoms with Gasteiger partial charge >= 0.3 is 5.97 Å². The SMILES string of the molecule is CC/C=C\C(=NC)C1=NC2(CCc3c(F)cccc32)C(C(=O)OC)=C(CN2CCOCC2)N1. The molecule has 1 unspecified atom stereocenters. The molecule has 0 aromatic heterocycles. The number of nitrogens with zero attached hydrogens (tertiary/aromatic N) is 3. The quantitative estimate of drug-likeness (QED) is 0.529. The van der Waals surface area contributed by atoms with Gasteiger partial charge in [0.1, 0.15) is 11.4 Å². The van der Waals surface area contributed by atoms with Crippen molar-refractivity contribution in [2.45, 2.75) is 31.7 Å². The van der Waals surface area contributed by atoms with Gasteiger partial charge in [-0.25, -0.2) is 14.2 Å². The number of carbonyl (C=O) groups excluding carboxylic acids is 1. The predicted octanol–water partition coefficient (Wildman–Crippen LogP) is 2.77. The number of halogens is 1. The number of morpholine rings is 1. The number of fused-ring (bicyclic) bond motifs is 2. The molecular weight excluding hydrogens is 423 g/mol. The van der Waals surface area contributed by atoms with Crippen molar-refractivity contribution in [3.05, 3.63) is 58.6 Å². The number of aliphatic imine (C=N–C) groups is 2. The van der Waals surface area contributed by atoms with Crippen LogP contribution in [-0.2, 0) is 26.2 Å². The van der Waals surface area contributed by atoms with Crippen LogP contribution in [-0.4, -0.2) is 69.4 Å². The first-order chi connectivity index (χ1) is 16.0. The van der Waals surface area contributed by atoms with Gasteiger partial charge in [0.05, 0.1) is 31.6 Å². The zero-order valence-corrected chi connectivity index (χ0v) is 19.5. The van der Waals surface area contributed by atoms with Gasteiger partial charge in [-0.2, -0.15) is 0 Å². The highest BCUT2D eigenvalue weighted by Crippen LogP contribution is 2.48. The highest BCUT2D eigenvalue weighted by molar-refractivity contribution is 6.46. The fourth-order valence-corrected chi connectivity index (χ4v) is 4.85. The van der Waals surface area contributed by atoms with E-state index in [0.717, 1.165) is 30.8 Å². The van der Waals surface area contributed by atoms with E-state index in [1.54, 1.807) is 13.1 Å². The Hall–Kier alpha value is -2.84. The third-order valence-corrected chi connectivity index (χ3v) is 6.46. The predicted molar refractivity (Wildman–Crippen MR) is 126 cm³/mol. The first-order valence-corrected chi connectivity index (χ1v) is 11.4. The Kier molecular flexibility index (Phi) is 7.05. The lowest BCUT2D eigenvalue weighted by Gasteiger charge is -2.37. The van der Waals surface area contributed by atoms with Crippen molar-refractivity contribution in [1.29, 1.82) is 0 Å². The average molecular weight is 455 g/mol. The molecule has 176 valence electrons. The summed E-state index contributed by atoms with van der Waals surface area (Å²) in [4.78, 5) is 25.0. The molecule has 1 aliphatic carbocycles. The number of hydrogen-bond donors (Lipinski definition) is 1. The summed E-state index contributed by atoms with van der Waals surface area (Å²) < 4.78 is 25.5. The van der Waals surface area contributed by atoms with Crippen LogP contribution in [0.2, 0.25) is 0 Å². The maximum Gasteiger partial charge on any atom is 0.338 e. The molecule has 1 spiro atoms. The molecule has 1 saturated heterocycles. The topological polar surface area (TPSA) is 75.5 Å². The zero-order valence-electron chi connectivity index (χ0n) is 19.5. The summed E-state index contributed by atoms with van der Waals surface area (Å²) in [7, 11) is 3.09. The Morgan fingerprint density at radius 3 is 2.88 bits per heavy atom. The Balaban J connectivity index is 1.90. The molecule has 2 heterocycles. The van der Waals surface area contributed by atoms with Gasteiger partial charge in [0.2, 0.25) is 0 Å². The van der Waals surface area contributed by atoms with Crippen LogP contribution in [0.4, 0.5) is 4.39 Å². The second-order valence-corrected chi connectivity index (χ2v) is 8.36. The third kappa shape index (κ3) is 4.37. The molecule has 1 atom stereocenters. The van der Waals surface area contributed by atoms with Crippen LogP contribution in [0.25, 0.3) is 0 Å². The van der Waals surface area contributed by atoms with Gasteiger partial charge in [0.15, 0.2) is 5.84 Å². The fraction of sp³-hybridized carbons (Fsp3) is 0.480. The minimum absolute atomic E-state index is 0.270. The van der Waals surface area contributed by atoms with E-state index in [2.05, 4.69) is 22.1 Å². The van der Waals surface area contributed by atoms with E-state index in [0.29, 0.717) is 55.3 Å². The molecule has 8 heteroatoms. The largest absolute Gasteiger partial charge is 0.466 e. The molecule has 2 aliphatic heterocycles. The minimum Gasteiger partial charge on any atom is -0.466 e. The van der Waals surface area contributed by atoms with Gasteiger partial charge < -0.3 is 14.8 Å².